The molecular weight excluding hydrogens is 240 g/mol. The lowest BCUT2D eigenvalue weighted by atomic mass is 9.79. The van der Waals surface area contributed by atoms with Gasteiger partial charge in [0.15, 0.2) is 0 Å². The molecule has 0 bridgehead atoms. The molecule has 1 fully saturated rings. The van der Waals surface area contributed by atoms with Gasteiger partial charge in [-0.1, -0.05) is 0 Å². The van der Waals surface area contributed by atoms with Gasteiger partial charge >= 0.3 is 0 Å². The van der Waals surface area contributed by atoms with Crippen LogP contribution in [0.15, 0.2) is 6.33 Å². The predicted molar refractivity (Wildman–Crippen MR) is 70.1 cm³/mol. The third kappa shape index (κ3) is 2.24. The quantitative estimate of drug-likeness (QED) is 0.839. The van der Waals surface area contributed by atoms with Crippen molar-refractivity contribution in [3.8, 4) is 6.07 Å². The van der Waals surface area contributed by atoms with Gasteiger partial charge in [0.25, 0.3) is 0 Å². The molecule has 0 radical (unpaired) electrons. The Morgan fingerprint density at radius 2 is 2.42 bits per heavy atom. The van der Waals surface area contributed by atoms with Crippen molar-refractivity contribution in [1.82, 2.24) is 25.0 Å². The van der Waals surface area contributed by atoms with E-state index in [1.54, 1.807) is 6.33 Å². The number of aromatic nitrogens is 3. The molecule has 1 saturated carbocycles. The van der Waals surface area contributed by atoms with Gasteiger partial charge in [-0.2, -0.15) is 5.26 Å². The van der Waals surface area contributed by atoms with E-state index in [0.29, 0.717) is 6.04 Å². The first-order valence-electron chi connectivity index (χ1n) is 6.97. The van der Waals surface area contributed by atoms with E-state index in [2.05, 4.69) is 31.1 Å². The van der Waals surface area contributed by atoms with Crippen molar-refractivity contribution in [3.63, 3.8) is 0 Å². The molecule has 3 rings (SSSR count). The van der Waals surface area contributed by atoms with Crippen LogP contribution >= 0.6 is 0 Å². The molecule has 0 spiro atoms. The van der Waals surface area contributed by atoms with Crippen LogP contribution in [0.3, 0.4) is 0 Å². The Balaban J connectivity index is 1.72. The van der Waals surface area contributed by atoms with E-state index in [0.717, 1.165) is 44.7 Å². The van der Waals surface area contributed by atoms with E-state index >= 15 is 0 Å². The summed E-state index contributed by atoms with van der Waals surface area (Å²) in [6.45, 7) is 2.84. The first-order valence-corrected chi connectivity index (χ1v) is 6.97. The van der Waals surface area contributed by atoms with Crippen LogP contribution in [0.5, 0.6) is 0 Å². The molecular formula is C13H20N6. The summed E-state index contributed by atoms with van der Waals surface area (Å²) in [6.07, 6.45) is 5.97. The Morgan fingerprint density at radius 3 is 3.21 bits per heavy atom. The first-order chi connectivity index (χ1) is 9.26. The molecule has 102 valence electrons. The van der Waals surface area contributed by atoms with Gasteiger partial charge in [-0.15, -0.1) is 10.2 Å². The largest absolute Gasteiger partial charge is 0.315 e. The summed E-state index contributed by atoms with van der Waals surface area (Å²) in [6, 6.07) is 2.96. The second-order valence-electron chi connectivity index (χ2n) is 5.61. The van der Waals surface area contributed by atoms with E-state index in [1.807, 2.05) is 7.05 Å². The summed E-state index contributed by atoms with van der Waals surface area (Å²) < 4.78 is 2.12. The smallest absolute Gasteiger partial charge is 0.147 e. The van der Waals surface area contributed by atoms with Crippen molar-refractivity contribution in [3.05, 3.63) is 12.2 Å². The van der Waals surface area contributed by atoms with Crippen molar-refractivity contribution in [1.29, 1.82) is 5.26 Å². The summed E-state index contributed by atoms with van der Waals surface area (Å²) in [7, 11) is 1.90. The van der Waals surface area contributed by atoms with E-state index < -0.39 is 0 Å². The Morgan fingerprint density at radius 1 is 1.53 bits per heavy atom. The van der Waals surface area contributed by atoms with Gasteiger partial charge < -0.3 is 9.88 Å². The maximum absolute atomic E-state index is 9.42. The van der Waals surface area contributed by atoms with E-state index in [9.17, 15) is 5.26 Å². The zero-order valence-corrected chi connectivity index (χ0v) is 11.3. The molecule has 1 aromatic rings. The van der Waals surface area contributed by atoms with Crippen LogP contribution in [0.4, 0.5) is 0 Å². The molecule has 2 atom stereocenters. The van der Waals surface area contributed by atoms with Crippen LogP contribution in [0.1, 0.15) is 31.5 Å². The van der Waals surface area contributed by atoms with Crippen LogP contribution in [0, 0.1) is 11.3 Å². The minimum atomic E-state index is -0.339. The van der Waals surface area contributed by atoms with Crippen LogP contribution in [-0.4, -0.2) is 44.8 Å². The monoisotopic (exact) mass is 260 g/mol. The fourth-order valence-electron chi connectivity index (χ4n) is 3.34. The van der Waals surface area contributed by atoms with Crippen molar-refractivity contribution in [2.24, 2.45) is 0 Å². The van der Waals surface area contributed by atoms with E-state index in [4.69, 9.17) is 0 Å². The molecule has 6 heteroatoms. The lowest BCUT2D eigenvalue weighted by Gasteiger charge is -2.42. The first kappa shape index (κ1) is 12.6. The molecule has 2 unspecified atom stereocenters. The van der Waals surface area contributed by atoms with E-state index in [1.165, 1.54) is 6.42 Å². The van der Waals surface area contributed by atoms with Gasteiger partial charge in [0.05, 0.1) is 12.6 Å². The van der Waals surface area contributed by atoms with Gasteiger partial charge in [-0.25, -0.2) is 0 Å². The van der Waals surface area contributed by atoms with Crippen molar-refractivity contribution in [2.45, 2.75) is 50.4 Å². The average Bonchev–Trinajstić information content (AvgIpc) is 2.94. The number of hydrogen-bond donors (Lipinski definition) is 1. The summed E-state index contributed by atoms with van der Waals surface area (Å²) in [5.41, 5.74) is -0.339. The molecule has 6 nitrogen and oxygen atoms in total. The summed E-state index contributed by atoms with van der Waals surface area (Å²) in [5.74, 6) is 1.05. The summed E-state index contributed by atoms with van der Waals surface area (Å²) in [5, 5.41) is 20.8. The third-order valence-corrected chi connectivity index (χ3v) is 4.60. The standard InChI is InChI=1S/C13H20N6/c1-15-13(9-14)4-2-3-11(7-13)18-5-6-19-10-16-17-12(19)8-18/h10-11,15H,2-8H2,1H3. The lowest BCUT2D eigenvalue weighted by Crippen LogP contribution is -2.52. The maximum atomic E-state index is 9.42. The van der Waals surface area contributed by atoms with Crippen LogP contribution in [-0.2, 0) is 13.1 Å². The molecule has 19 heavy (non-hydrogen) atoms. The second kappa shape index (κ2) is 4.91. The number of fused-ring (bicyclic) bond motifs is 1. The van der Waals surface area contributed by atoms with Crippen LogP contribution < -0.4 is 5.32 Å². The fourth-order valence-corrected chi connectivity index (χ4v) is 3.34. The Kier molecular flexibility index (Phi) is 3.25. The molecule has 1 aromatic heterocycles. The number of nitrogens with one attached hydrogen (secondary N) is 1. The van der Waals surface area contributed by atoms with Gasteiger partial charge in [-0.3, -0.25) is 4.90 Å². The highest BCUT2D eigenvalue weighted by atomic mass is 15.3. The zero-order valence-electron chi connectivity index (χ0n) is 11.3. The number of rotatable bonds is 2. The number of nitrogens with zero attached hydrogens (tertiary/aromatic N) is 5. The van der Waals surface area contributed by atoms with Crippen molar-refractivity contribution < 1.29 is 0 Å². The molecule has 1 N–H and O–H groups in total. The summed E-state index contributed by atoms with van der Waals surface area (Å²) in [4.78, 5) is 2.46. The second-order valence-corrected chi connectivity index (χ2v) is 5.61. The molecule has 0 aromatic carbocycles. The van der Waals surface area contributed by atoms with E-state index in [-0.39, 0.29) is 5.54 Å². The summed E-state index contributed by atoms with van der Waals surface area (Å²) >= 11 is 0. The Labute approximate surface area is 113 Å². The molecule has 1 aliphatic heterocycles. The minimum Gasteiger partial charge on any atom is -0.315 e. The third-order valence-electron chi connectivity index (χ3n) is 4.60. The van der Waals surface area contributed by atoms with Crippen molar-refractivity contribution >= 4 is 0 Å². The normalized spacial score (nSPS) is 31.7. The number of hydrogen-bond acceptors (Lipinski definition) is 5. The molecule has 0 saturated heterocycles. The van der Waals surface area contributed by atoms with Gasteiger partial charge in [0, 0.05) is 19.1 Å². The SMILES string of the molecule is CNC1(C#N)CCCC(N2CCn3cnnc3C2)C1. The molecule has 2 aliphatic rings. The van der Waals surface area contributed by atoms with Crippen LogP contribution in [0.25, 0.3) is 0 Å². The Hall–Kier alpha value is -1.45. The van der Waals surface area contributed by atoms with Gasteiger partial charge in [-0.05, 0) is 32.7 Å². The van der Waals surface area contributed by atoms with Gasteiger partial charge in [0.1, 0.15) is 17.7 Å². The van der Waals surface area contributed by atoms with Crippen LogP contribution in [0.2, 0.25) is 0 Å². The maximum Gasteiger partial charge on any atom is 0.147 e. The minimum absolute atomic E-state index is 0.339. The average molecular weight is 260 g/mol. The van der Waals surface area contributed by atoms with Gasteiger partial charge in [0.2, 0.25) is 0 Å². The highest BCUT2D eigenvalue weighted by Gasteiger charge is 2.38. The predicted octanol–water partition coefficient (Wildman–Crippen LogP) is 0.518. The fraction of sp³-hybridized carbons (Fsp3) is 0.769. The highest BCUT2D eigenvalue weighted by molar-refractivity contribution is 5.11. The zero-order chi connectivity index (χ0) is 13.3. The Bertz CT molecular complexity index is 490. The molecule has 2 heterocycles. The topological polar surface area (TPSA) is 69.8 Å². The number of nitriles is 1. The highest BCUT2D eigenvalue weighted by Crippen LogP contribution is 2.32. The lowest BCUT2D eigenvalue weighted by molar-refractivity contribution is 0.0952. The molecule has 0 amide bonds. The molecule has 1 aliphatic carbocycles. The van der Waals surface area contributed by atoms with Crippen molar-refractivity contribution in [2.75, 3.05) is 13.6 Å².